The van der Waals surface area contributed by atoms with Crippen molar-refractivity contribution >= 4 is 17.3 Å². The molecular weight excluding hydrogens is 280 g/mol. The third-order valence-corrected chi connectivity index (χ3v) is 4.84. The monoisotopic (exact) mass is 308 g/mol. The fourth-order valence-corrected chi connectivity index (χ4v) is 3.56. The number of anilines is 1. The van der Waals surface area contributed by atoms with E-state index >= 15 is 0 Å². The van der Waals surface area contributed by atoms with Crippen molar-refractivity contribution in [1.82, 2.24) is 5.32 Å². The Hall–Kier alpha value is -0.730. The SMILES string of the molecule is CCCNCc1c(Cl)cccc1N(C)CC1CCCCC1. The first-order valence-corrected chi connectivity index (χ1v) is 8.79. The largest absolute Gasteiger partial charge is 0.374 e. The third kappa shape index (κ3) is 4.89. The summed E-state index contributed by atoms with van der Waals surface area (Å²) in [5.41, 5.74) is 2.53. The first-order valence-electron chi connectivity index (χ1n) is 8.41. The second kappa shape index (κ2) is 8.65. The number of halogens is 1. The van der Waals surface area contributed by atoms with Gasteiger partial charge in [0.2, 0.25) is 0 Å². The molecule has 0 radical (unpaired) electrons. The maximum Gasteiger partial charge on any atom is 0.0471 e. The molecular formula is C18H29ClN2. The van der Waals surface area contributed by atoms with Gasteiger partial charge in [-0.1, -0.05) is 43.9 Å². The molecule has 2 nitrogen and oxygen atoms in total. The van der Waals surface area contributed by atoms with Gasteiger partial charge in [-0.05, 0) is 43.9 Å². The van der Waals surface area contributed by atoms with Crippen LogP contribution in [0.4, 0.5) is 5.69 Å². The van der Waals surface area contributed by atoms with E-state index in [2.05, 4.69) is 36.3 Å². The summed E-state index contributed by atoms with van der Waals surface area (Å²) in [7, 11) is 2.21. The summed E-state index contributed by atoms with van der Waals surface area (Å²) in [6.45, 7) is 5.24. The van der Waals surface area contributed by atoms with Gasteiger partial charge in [-0.3, -0.25) is 0 Å². The van der Waals surface area contributed by atoms with Crippen LogP contribution in [-0.2, 0) is 6.54 Å². The smallest absolute Gasteiger partial charge is 0.0471 e. The van der Waals surface area contributed by atoms with Crippen LogP contribution in [0.25, 0.3) is 0 Å². The molecule has 1 aromatic carbocycles. The van der Waals surface area contributed by atoms with Crippen molar-refractivity contribution in [1.29, 1.82) is 0 Å². The van der Waals surface area contributed by atoms with Crippen molar-refractivity contribution in [2.75, 3.05) is 25.0 Å². The summed E-state index contributed by atoms with van der Waals surface area (Å²) in [6.07, 6.45) is 8.14. The van der Waals surface area contributed by atoms with Gasteiger partial charge >= 0.3 is 0 Å². The van der Waals surface area contributed by atoms with Crippen LogP contribution in [0.5, 0.6) is 0 Å². The molecule has 1 aromatic rings. The Kier molecular flexibility index (Phi) is 6.85. The Balaban J connectivity index is 2.04. The normalized spacial score (nSPS) is 16.1. The van der Waals surface area contributed by atoms with Crippen LogP contribution in [0.3, 0.4) is 0 Å². The lowest BCUT2D eigenvalue weighted by Crippen LogP contribution is -2.28. The summed E-state index contributed by atoms with van der Waals surface area (Å²) < 4.78 is 0. The zero-order valence-corrected chi connectivity index (χ0v) is 14.3. The van der Waals surface area contributed by atoms with Gasteiger partial charge in [0.1, 0.15) is 0 Å². The standard InChI is InChI=1S/C18H29ClN2/c1-3-12-20-13-16-17(19)10-7-11-18(16)21(2)14-15-8-5-4-6-9-15/h7,10-11,15,20H,3-6,8-9,12-14H2,1-2H3. The van der Waals surface area contributed by atoms with E-state index in [1.165, 1.54) is 43.4 Å². The van der Waals surface area contributed by atoms with Crippen LogP contribution >= 0.6 is 11.6 Å². The molecule has 21 heavy (non-hydrogen) atoms. The highest BCUT2D eigenvalue weighted by Gasteiger charge is 2.17. The van der Waals surface area contributed by atoms with Crippen molar-refractivity contribution in [2.24, 2.45) is 5.92 Å². The maximum absolute atomic E-state index is 6.43. The summed E-state index contributed by atoms with van der Waals surface area (Å²) in [6, 6.07) is 6.28. The van der Waals surface area contributed by atoms with Gasteiger partial charge < -0.3 is 10.2 Å². The predicted octanol–water partition coefficient (Wildman–Crippen LogP) is 4.86. The van der Waals surface area contributed by atoms with E-state index < -0.39 is 0 Å². The maximum atomic E-state index is 6.43. The minimum absolute atomic E-state index is 0.846. The lowest BCUT2D eigenvalue weighted by molar-refractivity contribution is 0.362. The molecule has 0 aliphatic heterocycles. The topological polar surface area (TPSA) is 15.3 Å². The molecule has 0 saturated heterocycles. The average Bonchev–Trinajstić information content (AvgIpc) is 2.50. The number of rotatable bonds is 7. The molecule has 0 unspecified atom stereocenters. The molecule has 0 heterocycles. The van der Waals surface area contributed by atoms with Crippen LogP contribution in [0.1, 0.15) is 51.0 Å². The van der Waals surface area contributed by atoms with Gasteiger partial charge in [0.25, 0.3) is 0 Å². The fourth-order valence-electron chi connectivity index (χ4n) is 3.33. The van der Waals surface area contributed by atoms with Gasteiger partial charge in [-0.25, -0.2) is 0 Å². The van der Waals surface area contributed by atoms with E-state index in [9.17, 15) is 0 Å². The van der Waals surface area contributed by atoms with Gasteiger partial charge in [-0.2, -0.15) is 0 Å². The molecule has 0 atom stereocenters. The molecule has 0 spiro atoms. The first kappa shape index (κ1) is 16.6. The summed E-state index contributed by atoms with van der Waals surface area (Å²) in [4.78, 5) is 2.41. The van der Waals surface area contributed by atoms with E-state index in [-0.39, 0.29) is 0 Å². The highest BCUT2D eigenvalue weighted by atomic mass is 35.5. The number of hydrogen-bond acceptors (Lipinski definition) is 2. The Morgan fingerprint density at radius 1 is 1.24 bits per heavy atom. The first-order chi connectivity index (χ1) is 10.2. The molecule has 1 aliphatic carbocycles. The van der Waals surface area contributed by atoms with Crippen molar-refractivity contribution in [3.8, 4) is 0 Å². The quantitative estimate of drug-likeness (QED) is 0.724. The van der Waals surface area contributed by atoms with E-state index in [4.69, 9.17) is 11.6 Å². The Labute approximate surface area is 134 Å². The number of nitrogens with zero attached hydrogens (tertiary/aromatic N) is 1. The van der Waals surface area contributed by atoms with Gasteiger partial charge in [0.15, 0.2) is 0 Å². The van der Waals surface area contributed by atoms with Crippen molar-refractivity contribution in [3.63, 3.8) is 0 Å². The highest BCUT2D eigenvalue weighted by molar-refractivity contribution is 6.31. The zero-order chi connectivity index (χ0) is 15.1. The lowest BCUT2D eigenvalue weighted by atomic mass is 9.89. The summed E-state index contributed by atoms with van der Waals surface area (Å²) in [5.74, 6) is 0.846. The van der Waals surface area contributed by atoms with Crippen LogP contribution in [-0.4, -0.2) is 20.1 Å². The molecule has 1 N–H and O–H groups in total. The molecule has 1 aliphatic rings. The van der Waals surface area contributed by atoms with Gasteiger partial charge in [0.05, 0.1) is 0 Å². The van der Waals surface area contributed by atoms with Gasteiger partial charge in [0, 0.05) is 36.4 Å². The third-order valence-electron chi connectivity index (χ3n) is 4.49. The van der Waals surface area contributed by atoms with Gasteiger partial charge in [-0.15, -0.1) is 0 Å². The lowest BCUT2D eigenvalue weighted by Gasteiger charge is -2.30. The van der Waals surface area contributed by atoms with E-state index in [1.807, 2.05) is 6.07 Å². The molecule has 1 fully saturated rings. The molecule has 0 amide bonds. The fraction of sp³-hybridized carbons (Fsp3) is 0.667. The molecule has 0 bridgehead atoms. The second-order valence-corrected chi connectivity index (χ2v) is 6.71. The van der Waals surface area contributed by atoms with Crippen molar-refractivity contribution < 1.29 is 0 Å². The number of hydrogen-bond donors (Lipinski definition) is 1. The summed E-state index contributed by atoms with van der Waals surface area (Å²) >= 11 is 6.43. The second-order valence-electron chi connectivity index (χ2n) is 6.30. The number of benzene rings is 1. The molecule has 0 aromatic heterocycles. The molecule has 118 valence electrons. The number of nitrogens with one attached hydrogen (secondary N) is 1. The Bertz CT molecular complexity index is 427. The molecule has 1 saturated carbocycles. The Morgan fingerprint density at radius 2 is 2.00 bits per heavy atom. The van der Waals surface area contributed by atoms with E-state index in [0.29, 0.717) is 0 Å². The van der Waals surface area contributed by atoms with Crippen molar-refractivity contribution in [2.45, 2.75) is 52.0 Å². The van der Waals surface area contributed by atoms with Crippen LogP contribution < -0.4 is 10.2 Å². The van der Waals surface area contributed by atoms with E-state index in [0.717, 1.165) is 37.0 Å². The molecule has 2 rings (SSSR count). The summed E-state index contributed by atoms with van der Waals surface area (Å²) in [5, 5.41) is 4.36. The average molecular weight is 309 g/mol. The molecule has 3 heteroatoms. The van der Waals surface area contributed by atoms with E-state index in [1.54, 1.807) is 0 Å². The predicted molar refractivity (Wildman–Crippen MR) is 93.3 cm³/mol. The van der Waals surface area contributed by atoms with Crippen molar-refractivity contribution in [3.05, 3.63) is 28.8 Å². The minimum atomic E-state index is 0.846. The highest BCUT2D eigenvalue weighted by Crippen LogP contribution is 2.30. The van der Waals surface area contributed by atoms with Crippen LogP contribution in [0.2, 0.25) is 5.02 Å². The minimum Gasteiger partial charge on any atom is -0.374 e. The van der Waals surface area contributed by atoms with Crippen LogP contribution in [0.15, 0.2) is 18.2 Å². The van der Waals surface area contributed by atoms with Crippen LogP contribution in [0, 0.1) is 5.92 Å². The Morgan fingerprint density at radius 3 is 2.71 bits per heavy atom. The zero-order valence-electron chi connectivity index (χ0n) is 13.5.